The zero-order valence-corrected chi connectivity index (χ0v) is 15.0. The van der Waals surface area contributed by atoms with E-state index in [4.69, 9.17) is 15.4 Å². The lowest BCUT2D eigenvalue weighted by Gasteiger charge is -2.08. The molecule has 0 unspecified atom stereocenters. The van der Waals surface area contributed by atoms with E-state index >= 15 is 0 Å². The van der Waals surface area contributed by atoms with E-state index in [0.717, 1.165) is 5.69 Å². The highest BCUT2D eigenvalue weighted by molar-refractivity contribution is 5.67. The number of benzene rings is 1. The zero-order chi connectivity index (χ0) is 18.8. The fraction of sp³-hybridized carbons (Fsp3) is 0.158. The molecule has 8 nitrogen and oxygen atoms in total. The zero-order valence-electron chi connectivity index (χ0n) is 15.0. The molecule has 1 aromatic carbocycles. The number of nitrogens with two attached hydrogens (primary N) is 1. The van der Waals surface area contributed by atoms with Gasteiger partial charge in [-0.2, -0.15) is 5.10 Å². The Morgan fingerprint density at radius 2 is 2.04 bits per heavy atom. The minimum absolute atomic E-state index is 0.374. The number of hydrogen-bond donors (Lipinski definition) is 2. The van der Waals surface area contributed by atoms with Gasteiger partial charge < -0.3 is 15.6 Å². The Labute approximate surface area is 156 Å². The maximum atomic E-state index is 5.98. The van der Waals surface area contributed by atoms with Crippen LogP contribution in [0.15, 0.2) is 53.4 Å². The Hall–Kier alpha value is -3.68. The van der Waals surface area contributed by atoms with Gasteiger partial charge in [-0.05, 0) is 24.1 Å². The van der Waals surface area contributed by atoms with Gasteiger partial charge in [-0.25, -0.2) is 9.97 Å². The molecule has 0 atom stereocenters. The molecule has 0 bridgehead atoms. The monoisotopic (exact) mass is 361 g/mol. The van der Waals surface area contributed by atoms with Crippen LogP contribution < -0.4 is 11.1 Å². The number of hydrogen-bond acceptors (Lipinski definition) is 7. The molecule has 0 fully saturated rings. The van der Waals surface area contributed by atoms with Gasteiger partial charge in [0.05, 0.1) is 24.1 Å². The van der Waals surface area contributed by atoms with E-state index in [1.54, 1.807) is 19.3 Å². The number of rotatable bonds is 5. The lowest BCUT2D eigenvalue weighted by Crippen LogP contribution is -2.06. The van der Waals surface area contributed by atoms with Crippen LogP contribution in [0.5, 0.6) is 0 Å². The molecule has 0 aliphatic rings. The second kappa shape index (κ2) is 6.91. The molecule has 0 spiro atoms. The minimum Gasteiger partial charge on any atom is -0.384 e. The van der Waals surface area contributed by atoms with Crippen molar-refractivity contribution in [3.63, 3.8) is 0 Å². The molecular weight excluding hydrogens is 342 g/mol. The fourth-order valence-electron chi connectivity index (χ4n) is 2.86. The highest BCUT2D eigenvalue weighted by Crippen LogP contribution is 2.26. The van der Waals surface area contributed by atoms with Crippen LogP contribution in [0, 0.1) is 6.92 Å². The number of nitrogens with one attached hydrogen (secondary N) is 1. The average Bonchev–Trinajstić information content (AvgIpc) is 3.33. The van der Waals surface area contributed by atoms with Crippen LogP contribution in [0.2, 0.25) is 0 Å². The number of anilines is 2. The molecule has 4 aromatic rings. The Morgan fingerprint density at radius 1 is 1.19 bits per heavy atom. The molecule has 3 aromatic heterocycles. The summed E-state index contributed by atoms with van der Waals surface area (Å²) in [6.45, 7) is 2.68. The van der Waals surface area contributed by atoms with Crippen molar-refractivity contribution in [1.29, 1.82) is 0 Å². The number of aryl methyl sites for hydroxylation is 1. The summed E-state index contributed by atoms with van der Waals surface area (Å²) in [6.07, 6.45) is 3.18. The second-order valence-corrected chi connectivity index (χ2v) is 6.13. The minimum atomic E-state index is 0.374. The molecule has 3 heterocycles. The van der Waals surface area contributed by atoms with Crippen LogP contribution >= 0.6 is 0 Å². The molecule has 3 N–H and O–H groups in total. The first kappa shape index (κ1) is 16.8. The second-order valence-electron chi connectivity index (χ2n) is 6.13. The van der Waals surface area contributed by atoms with Crippen molar-refractivity contribution in [3.05, 3.63) is 60.0 Å². The summed E-state index contributed by atoms with van der Waals surface area (Å²) in [5, 5.41) is 11.7. The molecule has 0 aliphatic heterocycles. The molecule has 27 heavy (non-hydrogen) atoms. The van der Waals surface area contributed by atoms with E-state index in [1.165, 1.54) is 17.4 Å². The maximum Gasteiger partial charge on any atom is 0.182 e. The molecule has 0 aliphatic carbocycles. The van der Waals surface area contributed by atoms with E-state index in [9.17, 15) is 0 Å². The third-order valence-electron chi connectivity index (χ3n) is 4.38. The van der Waals surface area contributed by atoms with E-state index in [0.29, 0.717) is 35.3 Å². The summed E-state index contributed by atoms with van der Waals surface area (Å²) in [5.41, 5.74) is 11.2. The fourth-order valence-corrected chi connectivity index (χ4v) is 2.86. The summed E-state index contributed by atoms with van der Waals surface area (Å²) in [4.78, 5) is 8.73. The van der Waals surface area contributed by atoms with Gasteiger partial charge in [0.15, 0.2) is 11.6 Å². The van der Waals surface area contributed by atoms with E-state index in [2.05, 4.69) is 39.5 Å². The number of aromatic nitrogens is 5. The highest BCUT2D eigenvalue weighted by atomic mass is 16.5. The van der Waals surface area contributed by atoms with Gasteiger partial charge in [0.25, 0.3) is 0 Å². The van der Waals surface area contributed by atoms with Gasteiger partial charge in [-0.3, -0.25) is 4.68 Å². The molecule has 0 saturated carbocycles. The smallest absolute Gasteiger partial charge is 0.182 e. The molecule has 0 amide bonds. The van der Waals surface area contributed by atoms with Crippen LogP contribution in [-0.4, -0.2) is 32.0 Å². The highest BCUT2D eigenvalue weighted by Gasteiger charge is 2.17. The summed E-state index contributed by atoms with van der Waals surface area (Å²) in [6, 6.07) is 11.9. The van der Waals surface area contributed by atoms with Crippen molar-refractivity contribution in [2.24, 2.45) is 0 Å². The Balaban J connectivity index is 1.78. The molecule has 8 heteroatoms. The molecule has 0 saturated heterocycles. The SMILES string of the molecule is CNc1cnc(-c2cc(-c3ccon3)n(Cc3ccccc3C)n2)nc1N. The predicted octanol–water partition coefficient (Wildman–Crippen LogP) is 2.98. The van der Waals surface area contributed by atoms with Gasteiger partial charge in [-0.15, -0.1) is 0 Å². The standard InChI is InChI=1S/C19H19N7O/c1-12-5-3-4-6-13(12)11-26-17(14-7-8-27-25-14)9-15(24-26)19-22-10-16(21-2)18(20)23-19/h3-10,21H,11H2,1-2H3,(H2,20,22,23). The van der Waals surface area contributed by atoms with Crippen LogP contribution in [0.3, 0.4) is 0 Å². The van der Waals surface area contributed by atoms with E-state index < -0.39 is 0 Å². The van der Waals surface area contributed by atoms with Crippen LogP contribution in [0.25, 0.3) is 22.9 Å². The van der Waals surface area contributed by atoms with Gasteiger partial charge in [0, 0.05) is 13.1 Å². The quantitative estimate of drug-likeness (QED) is 0.562. The van der Waals surface area contributed by atoms with Crippen LogP contribution in [-0.2, 0) is 6.54 Å². The molecule has 136 valence electrons. The van der Waals surface area contributed by atoms with Gasteiger partial charge >= 0.3 is 0 Å². The first-order valence-corrected chi connectivity index (χ1v) is 8.49. The van der Waals surface area contributed by atoms with Crippen LogP contribution in [0.1, 0.15) is 11.1 Å². The van der Waals surface area contributed by atoms with Crippen molar-refractivity contribution in [1.82, 2.24) is 24.9 Å². The summed E-state index contributed by atoms with van der Waals surface area (Å²) in [5.74, 6) is 0.832. The van der Waals surface area contributed by atoms with E-state index in [-0.39, 0.29) is 0 Å². The third kappa shape index (κ3) is 3.24. The number of nitrogens with zero attached hydrogens (tertiary/aromatic N) is 5. The van der Waals surface area contributed by atoms with Crippen molar-refractivity contribution in [3.8, 4) is 22.9 Å². The Bertz CT molecular complexity index is 1070. The first-order chi connectivity index (χ1) is 13.2. The third-order valence-corrected chi connectivity index (χ3v) is 4.38. The van der Waals surface area contributed by atoms with Crippen molar-refractivity contribution >= 4 is 11.5 Å². The summed E-state index contributed by atoms with van der Waals surface area (Å²) in [7, 11) is 1.77. The Kier molecular flexibility index (Phi) is 4.29. The number of nitrogen functional groups attached to an aromatic ring is 1. The van der Waals surface area contributed by atoms with Crippen molar-refractivity contribution < 1.29 is 4.52 Å². The largest absolute Gasteiger partial charge is 0.384 e. The first-order valence-electron chi connectivity index (χ1n) is 8.49. The molecule has 4 rings (SSSR count). The predicted molar refractivity (Wildman–Crippen MR) is 103 cm³/mol. The van der Waals surface area contributed by atoms with Crippen molar-refractivity contribution in [2.45, 2.75) is 13.5 Å². The average molecular weight is 361 g/mol. The van der Waals surface area contributed by atoms with E-state index in [1.807, 2.05) is 22.9 Å². The molecule has 0 radical (unpaired) electrons. The topological polar surface area (TPSA) is 108 Å². The van der Waals surface area contributed by atoms with Gasteiger partial charge in [0.2, 0.25) is 0 Å². The van der Waals surface area contributed by atoms with Gasteiger partial charge in [0.1, 0.15) is 17.7 Å². The van der Waals surface area contributed by atoms with Crippen molar-refractivity contribution in [2.75, 3.05) is 18.1 Å². The lowest BCUT2D eigenvalue weighted by atomic mass is 10.1. The summed E-state index contributed by atoms with van der Waals surface area (Å²) < 4.78 is 6.89. The Morgan fingerprint density at radius 3 is 2.74 bits per heavy atom. The lowest BCUT2D eigenvalue weighted by molar-refractivity contribution is 0.421. The maximum absolute atomic E-state index is 5.98. The van der Waals surface area contributed by atoms with Gasteiger partial charge in [-0.1, -0.05) is 29.4 Å². The summed E-state index contributed by atoms with van der Waals surface area (Å²) >= 11 is 0. The van der Waals surface area contributed by atoms with Crippen LogP contribution in [0.4, 0.5) is 11.5 Å². The molecular formula is C19H19N7O. The normalized spacial score (nSPS) is 10.9.